The van der Waals surface area contributed by atoms with Crippen molar-refractivity contribution in [2.45, 2.75) is 12.5 Å². The SMILES string of the molecule is CN(C)c1ccc(C(=O)O[C@H](Cc2ccc3ccccc3c2)C(=O)O)cc1. The maximum absolute atomic E-state index is 12.3. The fourth-order valence-electron chi connectivity index (χ4n) is 2.85. The fraction of sp³-hybridized carbons (Fsp3) is 0.182. The molecule has 0 heterocycles. The van der Waals surface area contributed by atoms with Crippen molar-refractivity contribution in [2.24, 2.45) is 0 Å². The Labute approximate surface area is 157 Å². The van der Waals surface area contributed by atoms with E-state index in [-0.39, 0.29) is 6.42 Å². The average Bonchev–Trinajstić information content (AvgIpc) is 2.67. The Morgan fingerprint density at radius 2 is 1.63 bits per heavy atom. The molecule has 3 aromatic carbocycles. The lowest BCUT2D eigenvalue weighted by molar-refractivity contribution is -0.147. The van der Waals surface area contributed by atoms with E-state index in [9.17, 15) is 14.7 Å². The number of aliphatic carboxylic acids is 1. The number of hydrogen-bond acceptors (Lipinski definition) is 4. The van der Waals surface area contributed by atoms with Crippen LogP contribution in [0.1, 0.15) is 15.9 Å². The highest BCUT2D eigenvalue weighted by Crippen LogP contribution is 2.19. The Hall–Kier alpha value is -3.34. The third-order valence-electron chi connectivity index (χ3n) is 4.38. The molecule has 0 aromatic heterocycles. The third-order valence-corrected chi connectivity index (χ3v) is 4.38. The highest BCUT2D eigenvalue weighted by Gasteiger charge is 2.23. The van der Waals surface area contributed by atoms with Crippen LogP contribution in [0.25, 0.3) is 10.8 Å². The average molecular weight is 363 g/mol. The Morgan fingerprint density at radius 3 is 2.26 bits per heavy atom. The Morgan fingerprint density at radius 1 is 0.963 bits per heavy atom. The summed E-state index contributed by atoms with van der Waals surface area (Å²) in [6.45, 7) is 0. The molecule has 0 amide bonds. The van der Waals surface area contributed by atoms with Gasteiger partial charge in [0.05, 0.1) is 5.56 Å². The molecule has 0 saturated carbocycles. The molecule has 0 bridgehead atoms. The minimum Gasteiger partial charge on any atom is -0.478 e. The van der Waals surface area contributed by atoms with Crippen LogP contribution in [0.5, 0.6) is 0 Å². The van der Waals surface area contributed by atoms with Crippen LogP contribution in [0.2, 0.25) is 0 Å². The molecule has 1 N–H and O–H groups in total. The van der Waals surface area contributed by atoms with Crippen molar-refractivity contribution >= 4 is 28.4 Å². The van der Waals surface area contributed by atoms with E-state index in [0.29, 0.717) is 5.56 Å². The van der Waals surface area contributed by atoms with Gasteiger partial charge >= 0.3 is 11.9 Å². The van der Waals surface area contributed by atoms with Crippen LogP contribution >= 0.6 is 0 Å². The Balaban J connectivity index is 1.74. The quantitative estimate of drug-likeness (QED) is 0.676. The van der Waals surface area contributed by atoms with E-state index in [1.165, 1.54) is 0 Å². The molecule has 27 heavy (non-hydrogen) atoms. The number of esters is 1. The number of benzene rings is 3. The predicted molar refractivity (Wildman–Crippen MR) is 105 cm³/mol. The number of hydrogen-bond donors (Lipinski definition) is 1. The fourth-order valence-corrected chi connectivity index (χ4v) is 2.85. The van der Waals surface area contributed by atoms with E-state index in [4.69, 9.17) is 4.74 Å². The smallest absolute Gasteiger partial charge is 0.345 e. The summed E-state index contributed by atoms with van der Waals surface area (Å²) in [7, 11) is 3.80. The molecule has 1 atom stereocenters. The molecule has 0 spiro atoms. The first-order valence-corrected chi connectivity index (χ1v) is 8.63. The molecular formula is C22H21NO4. The lowest BCUT2D eigenvalue weighted by Crippen LogP contribution is -2.29. The van der Waals surface area contributed by atoms with Gasteiger partial charge in [0.2, 0.25) is 6.10 Å². The molecule has 5 heteroatoms. The van der Waals surface area contributed by atoms with Crippen molar-refractivity contribution in [2.75, 3.05) is 19.0 Å². The Bertz CT molecular complexity index is 963. The van der Waals surface area contributed by atoms with Crippen molar-refractivity contribution in [3.8, 4) is 0 Å². The van der Waals surface area contributed by atoms with Gasteiger partial charge in [0.25, 0.3) is 0 Å². The van der Waals surface area contributed by atoms with Gasteiger partial charge in [-0.05, 0) is 40.6 Å². The molecule has 0 aliphatic rings. The summed E-state index contributed by atoms with van der Waals surface area (Å²) in [5.74, 6) is -1.81. The second-order valence-electron chi connectivity index (χ2n) is 6.56. The standard InChI is InChI=1S/C22H21NO4/c1-23(2)19-11-9-17(10-12-19)22(26)27-20(21(24)25)14-15-7-8-16-5-3-4-6-18(16)13-15/h3-13,20H,14H2,1-2H3,(H,24,25)/t20-/m1/s1. The van der Waals surface area contributed by atoms with E-state index in [0.717, 1.165) is 22.0 Å². The first-order valence-electron chi connectivity index (χ1n) is 8.63. The molecule has 0 aliphatic heterocycles. The van der Waals surface area contributed by atoms with Crippen molar-refractivity contribution in [3.63, 3.8) is 0 Å². The van der Waals surface area contributed by atoms with E-state index in [2.05, 4.69) is 0 Å². The number of nitrogens with zero attached hydrogens (tertiary/aromatic N) is 1. The zero-order chi connectivity index (χ0) is 19.4. The van der Waals surface area contributed by atoms with Crippen LogP contribution in [-0.4, -0.2) is 37.2 Å². The number of carboxylic acids is 1. The molecule has 3 aromatic rings. The number of carbonyl (C=O) groups excluding carboxylic acids is 1. The highest BCUT2D eigenvalue weighted by molar-refractivity contribution is 5.91. The van der Waals surface area contributed by atoms with Crippen LogP contribution in [-0.2, 0) is 16.0 Å². The minimum absolute atomic E-state index is 0.113. The topological polar surface area (TPSA) is 66.8 Å². The molecule has 138 valence electrons. The molecule has 0 fully saturated rings. The summed E-state index contributed by atoms with van der Waals surface area (Å²) in [6, 6.07) is 20.4. The summed E-state index contributed by atoms with van der Waals surface area (Å²) in [5.41, 5.74) is 2.07. The molecule has 5 nitrogen and oxygen atoms in total. The van der Waals surface area contributed by atoms with Crippen molar-refractivity contribution < 1.29 is 19.4 Å². The van der Waals surface area contributed by atoms with Crippen molar-refractivity contribution in [3.05, 3.63) is 77.9 Å². The van der Waals surface area contributed by atoms with E-state index < -0.39 is 18.0 Å². The second-order valence-corrected chi connectivity index (χ2v) is 6.56. The van der Waals surface area contributed by atoms with E-state index in [1.807, 2.05) is 61.5 Å². The van der Waals surface area contributed by atoms with Crippen LogP contribution in [0.15, 0.2) is 66.7 Å². The van der Waals surface area contributed by atoms with Crippen LogP contribution in [0, 0.1) is 0 Å². The Kier molecular flexibility index (Phi) is 5.41. The van der Waals surface area contributed by atoms with Gasteiger partial charge in [-0.1, -0.05) is 42.5 Å². The maximum Gasteiger partial charge on any atom is 0.345 e. The van der Waals surface area contributed by atoms with Crippen LogP contribution < -0.4 is 4.90 Å². The van der Waals surface area contributed by atoms with Crippen LogP contribution in [0.3, 0.4) is 0 Å². The number of anilines is 1. The van der Waals surface area contributed by atoms with E-state index in [1.54, 1.807) is 24.3 Å². The minimum atomic E-state index is -1.24. The molecule has 0 unspecified atom stereocenters. The summed E-state index contributed by atoms with van der Waals surface area (Å²) in [6.07, 6.45) is -1.13. The summed E-state index contributed by atoms with van der Waals surface area (Å²) >= 11 is 0. The molecular weight excluding hydrogens is 342 g/mol. The largest absolute Gasteiger partial charge is 0.478 e. The number of ether oxygens (including phenoxy) is 1. The first-order chi connectivity index (χ1) is 12.9. The van der Waals surface area contributed by atoms with Gasteiger partial charge in [-0.25, -0.2) is 9.59 Å². The highest BCUT2D eigenvalue weighted by atomic mass is 16.6. The zero-order valence-corrected chi connectivity index (χ0v) is 15.3. The van der Waals surface area contributed by atoms with Crippen molar-refractivity contribution in [1.29, 1.82) is 0 Å². The number of carbonyl (C=O) groups is 2. The summed E-state index contributed by atoms with van der Waals surface area (Å²) in [4.78, 5) is 25.8. The monoisotopic (exact) mass is 363 g/mol. The van der Waals surface area contributed by atoms with Crippen LogP contribution in [0.4, 0.5) is 5.69 Å². The van der Waals surface area contributed by atoms with Gasteiger partial charge < -0.3 is 14.7 Å². The number of carboxylic acid groups (broad SMARTS) is 1. The van der Waals surface area contributed by atoms with Gasteiger partial charge in [0.15, 0.2) is 0 Å². The zero-order valence-electron chi connectivity index (χ0n) is 15.3. The van der Waals surface area contributed by atoms with Crippen molar-refractivity contribution in [1.82, 2.24) is 0 Å². The molecule has 0 saturated heterocycles. The summed E-state index contributed by atoms with van der Waals surface area (Å²) in [5, 5.41) is 11.6. The molecule has 0 radical (unpaired) electrons. The van der Waals surface area contributed by atoms with Gasteiger partial charge in [-0.15, -0.1) is 0 Å². The van der Waals surface area contributed by atoms with Gasteiger partial charge in [-0.2, -0.15) is 0 Å². The van der Waals surface area contributed by atoms with Gasteiger partial charge in [0, 0.05) is 26.2 Å². The van der Waals surface area contributed by atoms with Gasteiger partial charge in [0.1, 0.15) is 0 Å². The van der Waals surface area contributed by atoms with E-state index >= 15 is 0 Å². The molecule has 0 aliphatic carbocycles. The number of fused-ring (bicyclic) bond motifs is 1. The lowest BCUT2D eigenvalue weighted by atomic mass is 10.0. The second kappa shape index (κ2) is 7.91. The lowest BCUT2D eigenvalue weighted by Gasteiger charge is -2.15. The summed E-state index contributed by atoms with van der Waals surface area (Å²) < 4.78 is 5.26. The first kappa shape index (κ1) is 18.5. The van der Waals surface area contributed by atoms with Gasteiger partial charge in [-0.3, -0.25) is 0 Å². The maximum atomic E-state index is 12.3. The predicted octanol–water partition coefficient (Wildman–Crippen LogP) is 3.76. The molecule has 3 rings (SSSR count). The third kappa shape index (κ3) is 4.44. The normalized spacial score (nSPS) is 11.8. The number of rotatable bonds is 6.